The van der Waals surface area contributed by atoms with E-state index in [4.69, 9.17) is 9.47 Å². The van der Waals surface area contributed by atoms with Crippen LogP contribution in [0.4, 0.5) is 0 Å². The Morgan fingerprint density at radius 3 is 1.52 bits per heavy atom. The second-order valence-electron chi connectivity index (χ2n) is 7.74. The highest BCUT2D eigenvalue weighted by atomic mass is 127. The van der Waals surface area contributed by atoms with Crippen LogP contribution in [0.3, 0.4) is 0 Å². The first-order chi connectivity index (χ1) is 15.7. The number of aliphatic hydroxyl groups excluding tert-OH is 2. The minimum atomic E-state index is -0.941. The molecule has 4 atom stereocenters. The Morgan fingerprint density at radius 2 is 1.15 bits per heavy atom. The zero-order valence-electron chi connectivity index (χ0n) is 18.2. The first-order valence-corrected chi connectivity index (χ1v) is 12.5. The average molecular weight is 666 g/mol. The van der Waals surface area contributed by atoms with Gasteiger partial charge in [0.05, 0.1) is 0 Å². The fourth-order valence-electron chi connectivity index (χ4n) is 3.06. The molecule has 2 N–H and O–H groups in total. The molecule has 6 heteroatoms. The molecule has 0 aromatic heterocycles. The van der Waals surface area contributed by atoms with Gasteiger partial charge in [0.1, 0.15) is 24.4 Å². The summed E-state index contributed by atoms with van der Waals surface area (Å²) in [6.07, 6.45) is 0.853. The Kier molecular flexibility index (Phi) is 9.57. The molecule has 0 radical (unpaired) electrons. The number of benzene rings is 2. The van der Waals surface area contributed by atoms with Crippen LogP contribution in [0.15, 0.2) is 80.0 Å². The number of ether oxygens (including phenoxy) is 2. The molecule has 0 aliphatic carbocycles. The van der Waals surface area contributed by atoms with Gasteiger partial charge in [0.25, 0.3) is 0 Å². The zero-order chi connectivity index (χ0) is 23.8. The SMILES string of the molecule is CC1(C)O[C@H](/C=C(\I)C(O)C#Cc2ccccc2)[C@@H](/C=C(\I)C(O)C#Cc2ccccc2)O1. The number of hydrogen-bond acceptors (Lipinski definition) is 4. The van der Waals surface area contributed by atoms with Crippen LogP contribution in [-0.4, -0.2) is 40.4 Å². The Morgan fingerprint density at radius 1 is 0.788 bits per heavy atom. The molecule has 0 saturated carbocycles. The fourth-order valence-corrected chi connectivity index (χ4v) is 4.08. The minimum Gasteiger partial charge on any atom is -0.376 e. The van der Waals surface area contributed by atoms with Crippen molar-refractivity contribution in [2.45, 2.75) is 44.1 Å². The van der Waals surface area contributed by atoms with Crippen molar-refractivity contribution >= 4 is 45.2 Å². The minimum absolute atomic E-state index is 0.445. The molecular formula is C27H24I2O4. The zero-order valence-corrected chi connectivity index (χ0v) is 22.5. The highest BCUT2D eigenvalue weighted by molar-refractivity contribution is 14.1. The van der Waals surface area contributed by atoms with Crippen LogP contribution in [0.2, 0.25) is 0 Å². The molecule has 3 rings (SSSR count). The Hall–Kier alpha value is -1.66. The van der Waals surface area contributed by atoms with Gasteiger partial charge in [0.15, 0.2) is 5.79 Å². The normalized spacial score (nSPS) is 21.9. The third-order valence-electron chi connectivity index (χ3n) is 4.59. The first-order valence-electron chi connectivity index (χ1n) is 10.3. The van der Waals surface area contributed by atoms with Crippen molar-refractivity contribution < 1.29 is 19.7 Å². The summed E-state index contributed by atoms with van der Waals surface area (Å²) in [5.74, 6) is 10.9. The van der Waals surface area contributed by atoms with Gasteiger partial charge in [-0.25, -0.2) is 0 Å². The van der Waals surface area contributed by atoms with E-state index in [-0.39, 0.29) is 0 Å². The molecule has 1 heterocycles. The number of hydrogen-bond donors (Lipinski definition) is 2. The molecule has 2 aromatic rings. The maximum atomic E-state index is 10.5. The van der Waals surface area contributed by atoms with E-state index >= 15 is 0 Å². The Bertz CT molecular complexity index is 1030. The number of aliphatic hydroxyl groups is 2. The average Bonchev–Trinajstić information content (AvgIpc) is 3.09. The second kappa shape index (κ2) is 12.2. The summed E-state index contributed by atoms with van der Waals surface area (Å²) in [4.78, 5) is 0. The highest BCUT2D eigenvalue weighted by Gasteiger charge is 2.39. The number of halogens is 2. The van der Waals surface area contributed by atoms with E-state index in [0.29, 0.717) is 7.16 Å². The predicted molar refractivity (Wildman–Crippen MR) is 147 cm³/mol. The molecular weight excluding hydrogens is 642 g/mol. The topological polar surface area (TPSA) is 58.9 Å². The lowest BCUT2D eigenvalue weighted by molar-refractivity contribution is -0.139. The summed E-state index contributed by atoms with van der Waals surface area (Å²) in [6, 6.07) is 19.0. The molecule has 170 valence electrons. The van der Waals surface area contributed by atoms with Crippen molar-refractivity contribution in [2.75, 3.05) is 0 Å². The van der Waals surface area contributed by atoms with Gasteiger partial charge >= 0.3 is 0 Å². The molecule has 4 nitrogen and oxygen atoms in total. The molecule has 0 amide bonds. The fraction of sp³-hybridized carbons (Fsp3) is 0.259. The molecule has 0 spiro atoms. The van der Waals surface area contributed by atoms with Gasteiger partial charge in [-0.2, -0.15) is 0 Å². The molecule has 0 bridgehead atoms. The van der Waals surface area contributed by atoms with Gasteiger partial charge in [0, 0.05) is 18.3 Å². The molecule has 33 heavy (non-hydrogen) atoms. The van der Waals surface area contributed by atoms with Gasteiger partial charge in [0.2, 0.25) is 0 Å². The summed E-state index contributed by atoms with van der Waals surface area (Å²) >= 11 is 4.13. The third kappa shape index (κ3) is 8.25. The monoisotopic (exact) mass is 666 g/mol. The van der Waals surface area contributed by atoms with Crippen LogP contribution in [0.1, 0.15) is 25.0 Å². The largest absolute Gasteiger partial charge is 0.376 e. The first kappa shape index (κ1) is 26.0. The van der Waals surface area contributed by atoms with E-state index < -0.39 is 30.2 Å². The van der Waals surface area contributed by atoms with E-state index in [1.54, 1.807) is 0 Å². The number of rotatable bonds is 4. The lowest BCUT2D eigenvalue weighted by atomic mass is 10.1. The smallest absolute Gasteiger partial charge is 0.164 e. The Labute approximate surface area is 222 Å². The van der Waals surface area contributed by atoms with Gasteiger partial charge in [-0.15, -0.1) is 0 Å². The van der Waals surface area contributed by atoms with E-state index in [9.17, 15) is 10.2 Å². The highest BCUT2D eigenvalue weighted by Crippen LogP contribution is 2.33. The van der Waals surface area contributed by atoms with Crippen LogP contribution in [0.25, 0.3) is 0 Å². The summed E-state index contributed by atoms with van der Waals surface area (Å²) < 4.78 is 13.3. The molecule has 1 aliphatic heterocycles. The maximum absolute atomic E-state index is 10.5. The van der Waals surface area contributed by atoms with Crippen molar-refractivity contribution in [2.24, 2.45) is 0 Å². The summed E-state index contributed by atoms with van der Waals surface area (Å²) in [7, 11) is 0. The van der Waals surface area contributed by atoms with Crippen molar-refractivity contribution in [3.05, 3.63) is 91.1 Å². The maximum Gasteiger partial charge on any atom is 0.164 e. The third-order valence-corrected chi connectivity index (χ3v) is 6.49. The molecule has 1 fully saturated rings. The van der Waals surface area contributed by atoms with Gasteiger partial charge in [-0.3, -0.25) is 0 Å². The Balaban J connectivity index is 1.74. The standard InChI is InChI=1S/C27H24I2O4/c1-27(2)32-25(17-21(28)23(30)15-13-19-9-5-3-6-10-19)26(33-27)18-22(29)24(31)16-14-20-11-7-4-8-12-20/h3-12,17-18,23-26,30-31H,1-2H3/b21-17-,22-18-/t23?,24?,25-,26-/m1/s1. The van der Waals surface area contributed by atoms with Crippen molar-refractivity contribution in [3.63, 3.8) is 0 Å². The lowest BCUT2D eigenvalue weighted by Gasteiger charge is -2.16. The molecule has 1 aliphatic rings. The predicted octanol–water partition coefficient (Wildman–Crippen LogP) is 4.97. The van der Waals surface area contributed by atoms with E-state index in [0.717, 1.165) is 11.1 Å². The van der Waals surface area contributed by atoms with Gasteiger partial charge in [-0.05, 0) is 95.4 Å². The van der Waals surface area contributed by atoms with Gasteiger partial charge in [-0.1, -0.05) is 60.1 Å². The summed E-state index contributed by atoms with van der Waals surface area (Å²) in [5, 5.41) is 21.0. The van der Waals surface area contributed by atoms with E-state index in [1.807, 2.05) is 86.7 Å². The van der Waals surface area contributed by atoms with Crippen molar-refractivity contribution in [3.8, 4) is 23.7 Å². The van der Waals surface area contributed by atoms with Crippen LogP contribution in [0, 0.1) is 23.7 Å². The summed E-state index contributed by atoms with van der Waals surface area (Å²) in [5.41, 5.74) is 1.67. The quantitative estimate of drug-likeness (QED) is 0.358. The second-order valence-corrected chi connectivity index (χ2v) is 10.2. The van der Waals surface area contributed by atoms with Crippen LogP contribution >= 0.6 is 45.2 Å². The van der Waals surface area contributed by atoms with Crippen LogP contribution < -0.4 is 0 Å². The van der Waals surface area contributed by atoms with E-state index in [1.165, 1.54) is 0 Å². The van der Waals surface area contributed by atoms with Crippen molar-refractivity contribution in [1.29, 1.82) is 0 Å². The molecule has 2 unspecified atom stereocenters. The molecule has 2 aromatic carbocycles. The van der Waals surface area contributed by atoms with Crippen LogP contribution in [-0.2, 0) is 9.47 Å². The van der Waals surface area contributed by atoms with E-state index in [2.05, 4.69) is 68.9 Å². The van der Waals surface area contributed by atoms with Crippen molar-refractivity contribution in [1.82, 2.24) is 0 Å². The summed E-state index contributed by atoms with van der Waals surface area (Å²) in [6.45, 7) is 3.66. The molecule has 1 saturated heterocycles. The lowest BCUT2D eigenvalue weighted by Crippen LogP contribution is -2.21. The van der Waals surface area contributed by atoms with Crippen LogP contribution in [0.5, 0.6) is 0 Å². The van der Waals surface area contributed by atoms with Gasteiger partial charge < -0.3 is 19.7 Å².